The minimum Gasteiger partial charge on any atom is -0.322 e. The molecule has 0 radical (unpaired) electrons. The van der Waals surface area contributed by atoms with Gasteiger partial charge in [0.2, 0.25) is 5.91 Å². The van der Waals surface area contributed by atoms with Crippen LogP contribution in [0.1, 0.15) is 24.2 Å². The van der Waals surface area contributed by atoms with Crippen molar-refractivity contribution in [2.45, 2.75) is 20.4 Å². The van der Waals surface area contributed by atoms with Crippen molar-refractivity contribution in [1.29, 1.82) is 0 Å². The Morgan fingerprint density at radius 1 is 1.11 bits per heavy atom. The fourth-order valence-corrected chi connectivity index (χ4v) is 2.84. The second-order valence-corrected chi connectivity index (χ2v) is 6.32. The second-order valence-electron chi connectivity index (χ2n) is 6.32. The van der Waals surface area contributed by atoms with E-state index in [0.29, 0.717) is 27.8 Å². The summed E-state index contributed by atoms with van der Waals surface area (Å²) in [5.41, 5.74) is 0.982. The van der Waals surface area contributed by atoms with Crippen molar-refractivity contribution >= 4 is 34.1 Å². The third kappa shape index (κ3) is 3.57. The van der Waals surface area contributed by atoms with Gasteiger partial charge in [0, 0.05) is 37.5 Å². The number of anilines is 2. The number of fused-ring (bicyclic) bond motifs is 1. The number of hydrogen-bond acceptors (Lipinski definition) is 4. The fourth-order valence-electron chi connectivity index (χ4n) is 2.84. The molecule has 0 saturated carbocycles. The quantitative estimate of drug-likeness (QED) is 0.722. The van der Waals surface area contributed by atoms with E-state index in [1.807, 2.05) is 0 Å². The van der Waals surface area contributed by atoms with Gasteiger partial charge in [0.05, 0.1) is 10.9 Å². The first-order valence-corrected chi connectivity index (χ1v) is 8.74. The summed E-state index contributed by atoms with van der Waals surface area (Å²) in [6.45, 7) is 3.44. The molecule has 0 saturated heterocycles. The molecular formula is C20H20N4O4. The molecule has 0 unspecified atom stereocenters. The molecule has 0 atom stereocenters. The standard InChI is InChI=1S/C20H20N4O4/c1-4-24-19(27)16-10-5-13(11-17(16)22-20(24)28)18(26)21-14-6-8-15(9-7-14)23(3)12(2)25/h5-11H,4H2,1-3H3,(H,21,26)(H,22,28). The minimum absolute atomic E-state index is 0.0934. The molecule has 0 fully saturated rings. The topological polar surface area (TPSA) is 104 Å². The number of H-pyrrole nitrogens is 1. The molecule has 0 aliphatic rings. The van der Waals surface area contributed by atoms with Crippen molar-refractivity contribution in [3.63, 3.8) is 0 Å². The maximum Gasteiger partial charge on any atom is 0.328 e. The summed E-state index contributed by atoms with van der Waals surface area (Å²) in [6, 6.07) is 11.4. The molecule has 3 aromatic rings. The van der Waals surface area contributed by atoms with Crippen LogP contribution in [-0.2, 0) is 11.3 Å². The number of carbonyl (C=O) groups excluding carboxylic acids is 2. The monoisotopic (exact) mass is 380 g/mol. The van der Waals surface area contributed by atoms with E-state index in [1.54, 1.807) is 38.2 Å². The number of amides is 2. The van der Waals surface area contributed by atoms with Crippen LogP contribution in [0, 0.1) is 0 Å². The lowest BCUT2D eigenvalue weighted by atomic mass is 10.1. The SMILES string of the molecule is CCn1c(=O)[nH]c2cc(C(=O)Nc3ccc(N(C)C(C)=O)cc3)ccc2c1=O. The van der Waals surface area contributed by atoms with E-state index in [2.05, 4.69) is 10.3 Å². The van der Waals surface area contributed by atoms with Crippen LogP contribution in [0.5, 0.6) is 0 Å². The highest BCUT2D eigenvalue weighted by Crippen LogP contribution is 2.18. The summed E-state index contributed by atoms with van der Waals surface area (Å²) < 4.78 is 1.10. The fraction of sp³-hybridized carbons (Fsp3) is 0.200. The van der Waals surface area contributed by atoms with E-state index in [4.69, 9.17) is 0 Å². The smallest absolute Gasteiger partial charge is 0.322 e. The second kappa shape index (κ2) is 7.51. The summed E-state index contributed by atoms with van der Waals surface area (Å²) in [6.07, 6.45) is 0. The predicted molar refractivity (Wildman–Crippen MR) is 108 cm³/mol. The number of nitrogens with zero attached hydrogens (tertiary/aromatic N) is 2. The molecular weight excluding hydrogens is 360 g/mol. The third-order valence-electron chi connectivity index (χ3n) is 4.55. The Labute approximate surface area is 160 Å². The Morgan fingerprint density at radius 3 is 2.39 bits per heavy atom. The summed E-state index contributed by atoms with van der Waals surface area (Å²) in [4.78, 5) is 52.3. The van der Waals surface area contributed by atoms with Crippen LogP contribution in [-0.4, -0.2) is 28.4 Å². The molecule has 8 nitrogen and oxygen atoms in total. The predicted octanol–water partition coefficient (Wildman–Crippen LogP) is 1.94. The number of aromatic amines is 1. The van der Waals surface area contributed by atoms with Crippen molar-refractivity contribution < 1.29 is 9.59 Å². The zero-order chi connectivity index (χ0) is 20.4. The number of hydrogen-bond donors (Lipinski definition) is 2. The van der Waals surface area contributed by atoms with Crippen LogP contribution in [0.4, 0.5) is 11.4 Å². The number of nitrogens with one attached hydrogen (secondary N) is 2. The number of rotatable bonds is 4. The number of aromatic nitrogens is 2. The van der Waals surface area contributed by atoms with Crippen LogP contribution < -0.4 is 21.5 Å². The van der Waals surface area contributed by atoms with Crippen LogP contribution in [0.25, 0.3) is 10.9 Å². The van der Waals surface area contributed by atoms with Gasteiger partial charge in [-0.15, -0.1) is 0 Å². The van der Waals surface area contributed by atoms with Gasteiger partial charge in [0.15, 0.2) is 0 Å². The highest BCUT2D eigenvalue weighted by molar-refractivity contribution is 6.06. The van der Waals surface area contributed by atoms with Gasteiger partial charge in [-0.3, -0.25) is 19.0 Å². The number of benzene rings is 2. The first kappa shape index (κ1) is 19.1. The molecule has 0 aliphatic carbocycles. The summed E-state index contributed by atoms with van der Waals surface area (Å²) in [5, 5.41) is 3.09. The largest absolute Gasteiger partial charge is 0.328 e. The third-order valence-corrected chi connectivity index (χ3v) is 4.55. The average Bonchev–Trinajstić information content (AvgIpc) is 2.67. The lowest BCUT2D eigenvalue weighted by molar-refractivity contribution is -0.116. The molecule has 28 heavy (non-hydrogen) atoms. The molecule has 0 spiro atoms. The first-order chi connectivity index (χ1) is 13.3. The summed E-state index contributed by atoms with van der Waals surface area (Å²) in [7, 11) is 1.66. The first-order valence-electron chi connectivity index (χ1n) is 8.74. The highest BCUT2D eigenvalue weighted by atomic mass is 16.2. The van der Waals surface area contributed by atoms with E-state index in [-0.39, 0.29) is 18.4 Å². The van der Waals surface area contributed by atoms with Gasteiger partial charge in [0.1, 0.15) is 0 Å². The van der Waals surface area contributed by atoms with Crippen LogP contribution in [0.15, 0.2) is 52.1 Å². The van der Waals surface area contributed by atoms with Gasteiger partial charge in [-0.05, 0) is 49.4 Å². The Balaban J connectivity index is 1.87. The summed E-state index contributed by atoms with van der Waals surface area (Å²) in [5.74, 6) is -0.473. The molecule has 1 heterocycles. The number of carbonyl (C=O) groups is 2. The lowest BCUT2D eigenvalue weighted by Gasteiger charge is -2.15. The van der Waals surface area contributed by atoms with E-state index < -0.39 is 11.2 Å². The Bertz CT molecular complexity index is 1180. The van der Waals surface area contributed by atoms with Gasteiger partial charge >= 0.3 is 5.69 Å². The summed E-state index contributed by atoms with van der Waals surface area (Å²) >= 11 is 0. The molecule has 0 bridgehead atoms. The lowest BCUT2D eigenvalue weighted by Crippen LogP contribution is -2.34. The molecule has 144 valence electrons. The molecule has 0 aliphatic heterocycles. The van der Waals surface area contributed by atoms with Gasteiger partial charge in [0.25, 0.3) is 11.5 Å². The molecule has 1 aromatic heterocycles. The normalized spacial score (nSPS) is 10.7. The average molecular weight is 380 g/mol. The van der Waals surface area contributed by atoms with E-state index in [9.17, 15) is 19.2 Å². The van der Waals surface area contributed by atoms with E-state index in [0.717, 1.165) is 4.57 Å². The van der Waals surface area contributed by atoms with Crippen molar-refractivity contribution in [1.82, 2.24) is 9.55 Å². The Hall–Kier alpha value is -3.68. The van der Waals surface area contributed by atoms with Crippen LogP contribution in [0.2, 0.25) is 0 Å². The molecule has 3 rings (SSSR count). The zero-order valence-corrected chi connectivity index (χ0v) is 15.8. The van der Waals surface area contributed by atoms with Crippen LogP contribution in [0.3, 0.4) is 0 Å². The zero-order valence-electron chi connectivity index (χ0n) is 15.8. The van der Waals surface area contributed by atoms with Gasteiger partial charge in [-0.1, -0.05) is 0 Å². The van der Waals surface area contributed by atoms with Gasteiger partial charge in [-0.2, -0.15) is 0 Å². The van der Waals surface area contributed by atoms with Crippen molar-refractivity contribution in [2.75, 3.05) is 17.3 Å². The van der Waals surface area contributed by atoms with E-state index >= 15 is 0 Å². The minimum atomic E-state index is -0.511. The van der Waals surface area contributed by atoms with Gasteiger partial charge < -0.3 is 15.2 Å². The van der Waals surface area contributed by atoms with Crippen molar-refractivity contribution in [2.24, 2.45) is 0 Å². The van der Waals surface area contributed by atoms with E-state index in [1.165, 1.54) is 30.0 Å². The maximum absolute atomic E-state index is 12.5. The van der Waals surface area contributed by atoms with Gasteiger partial charge in [-0.25, -0.2) is 4.79 Å². The molecule has 8 heteroatoms. The maximum atomic E-state index is 12.5. The molecule has 2 amide bonds. The Morgan fingerprint density at radius 2 is 1.79 bits per heavy atom. The van der Waals surface area contributed by atoms with Crippen LogP contribution >= 0.6 is 0 Å². The Kier molecular flexibility index (Phi) is 5.12. The molecule has 2 aromatic carbocycles. The highest BCUT2D eigenvalue weighted by Gasteiger charge is 2.12. The van der Waals surface area contributed by atoms with Crippen molar-refractivity contribution in [3.8, 4) is 0 Å². The molecule has 2 N–H and O–H groups in total. The van der Waals surface area contributed by atoms with Crippen molar-refractivity contribution in [3.05, 3.63) is 68.9 Å².